The normalized spacial score (nSPS) is 19.6. The fourth-order valence-electron chi connectivity index (χ4n) is 3.86. The van der Waals surface area contributed by atoms with Gasteiger partial charge in [0.2, 0.25) is 15.9 Å². The maximum Gasteiger partial charge on any atom is 0.265 e. The minimum Gasteiger partial charge on any atom is -0.478 e. The number of fused-ring (bicyclic) bond motifs is 1. The molecule has 1 atom stereocenters. The lowest BCUT2D eigenvalue weighted by Gasteiger charge is -2.31. The van der Waals surface area contributed by atoms with Crippen LogP contribution in [0.5, 0.6) is 5.75 Å². The molecule has 2 aliphatic heterocycles. The quantitative estimate of drug-likeness (QED) is 0.685. The summed E-state index contributed by atoms with van der Waals surface area (Å²) < 4.78 is 33.3. The number of sulfonamides is 1. The van der Waals surface area contributed by atoms with E-state index in [1.54, 1.807) is 30.3 Å². The molecular formula is C22H24ClN3O5S. The summed E-state index contributed by atoms with van der Waals surface area (Å²) in [6, 6.07) is 11.4. The predicted molar refractivity (Wildman–Crippen MR) is 121 cm³/mol. The molecule has 1 fully saturated rings. The Balaban J connectivity index is 1.42. The lowest BCUT2D eigenvalue weighted by molar-refractivity contribution is -0.123. The minimum absolute atomic E-state index is 0.0778. The van der Waals surface area contributed by atoms with E-state index in [0.29, 0.717) is 41.4 Å². The van der Waals surface area contributed by atoms with Crippen molar-refractivity contribution in [3.63, 3.8) is 0 Å². The molecule has 2 N–H and O–H groups in total. The lowest BCUT2D eigenvalue weighted by atomic mass is 9.97. The van der Waals surface area contributed by atoms with Crippen molar-refractivity contribution < 1.29 is 22.7 Å². The highest BCUT2D eigenvalue weighted by Gasteiger charge is 2.34. The van der Waals surface area contributed by atoms with E-state index in [4.69, 9.17) is 16.3 Å². The molecule has 0 spiro atoms. The SMILES string of the molecule is CC[C@@H]1Oc2ccc(S(=O)(=O)N3CCC(C(=O)Nc4ccccc4Cl)CC3)cc2NC1=O. The van der Waals surface area contributed by atoms with Crippen LogP contribution in [-0.2, 0) is 19.6 Å². The number of halogens is 1. The summed E-state index contributed by atoms with van der Waals surface area (Å²) in [5, 5.41) is 5.99. The van der Waals surface area contributed by atoms with E-state index in [2.05, 4.69) is 10.6 Å². The molecule has 0 aromatic heterocycles. The monoisotopic (exact) mass is 477 g/mol. The van der Waals surface area contributed by atoms with Crippen molar-refractivity contribution in [3.05, 3.63) is 47.5 Å². The molecule has 10 heteroatoms. The van der Waals surface area contributed by atoms with Crippen molar-refractivity contribution in [1.82, 2.24) is 4.31 Å². The maximum absolute atomic E-state index is 13.1. The van der Waals surface area contributed by atoms with Crippen LogP contribution in [-0.4, -0.2) is 43.7 Å². The largest absolute Gasteiger partial charge is 0.478 e. The number of nitrogens with one attached hydrogen (secondary N) is 2. The number of nitrogens with zero attached hydrogens (tertiary/aromatic N) is 1. The number of ether oxygens (including phenoxy) is 1. The first kappa shape index (κ1) is 22.6. The van der Waals surface area contributed by atoms with Crippen molar-refractivity contribution >= 4 is 44.8 Å². The second kappa shape index (κ2) is 9.09. The molecule has 0 aliphatic carbocycles. The molecule has 2 amide bonds. The molecule has 8 nitrogen and oxygen atoms in total. The van der Waals surface area contributed by atoms with Gasteiger partial charge in [-0.3, -0.25) is 9.59 Å². The molecule has 0 unspecified atom stereocenters. The number of hydrogen-bond acceptors (Lipinski definition) is 5. The van der Waals surface area contributed by atoms with Crippen LogP contribution >= 0.6 is 11.6 Å². The molecule has 170 valence electrons. The Kier molecular flexibility index (Phi) is 6.41. The number of hydrogen-bond donors (Lipinski definition) is 2. The molecule has 2 heterocycles. The second-order valence-electron chi connectivity index (χ2n) is 7.81. The zero-order valence-electron chi connectivity index (χ0n) is 17.5. The molecule has 0 bridgehead atoms. The van der Waals surface area contributed by atoms with Crippen molar-refractivity contribution in [2.24, 2.45) is 5.92 Å². The van der Waals surface area contributed by atoms with Crippen LogP contribution in [0, 0.1) is 5.92 Å². The van der Waals surface area contributed by atoms with Crippen molar-refractivity contribution in [3.8, 4) is 5.75 Å². The summed E-state index contributed by atoms with van der Waals surface area (Å²) >= 11 is 6.10. The van der Waals surface area contributed by atoms with E-state index in [-0.39, 0.29) is 35.7 Å². The van der Waals surface area contributed by atoms with Gasteiger partial charge in [-0.15, -0.1) is 0 Å². The highest BCUT2D eigenvalue weighted by molar-refractivity contribution is 7.89. The Bertz CT molecular complexity index is 1150. The lowest BCUT2D eigenvalue weighted by Crippen LogP contribution is -2.41. The third-order valence-corrected chi connectivity index (χ3v) is 7.96. The van der Waals surface area contributed by atoms with Gasteiger partial charge in [0.25, 0.3) is 5.91 Å². The summed E-state index contributed by atoms with van der Waals surface area (Å²) in [7, 11) is -3.77. The summed E-state index contributed by atoms with van der Waals surface area (Å²) in [5.74, 6) is -0.320. The summed E-state index contributed by atoms with van der Waals surface area (Å²) in [4.78, 5) is 24.7. The Hall–Kier alpha value is -2.62. The van der Waals surface area contributed by atoms with Gasteiger partial charge in [0.15, 0.2) is 6.10 Å². The number of para-hydroxylation sites is 1. The zero-order valence-corrected chi connectivity index (χ0v) is 19.1. The Morgan fingerprint density at radius 1 is 1.22 bits per heavy atom. The smallest absolute Gasteiger partial charge is 0.265 e. The van der Waals surface area contributed by atoms with Gasteiger partial charge in [-0.1, -0.05) is 30.7 Å². The van der Waals surface area contributed by atoms with Crippen molar-refractivity contribution in [2.45, 2.75) is 37.2 Å². The van der Waals surface area contributed by atoms with Crippen LogP contribution in [0.1, 0.15) is 26.2 Å². The molecule has 2 aromatic rings. The molecule has 0 saturated carbocycles. The van der Waals surface area contributed by atoms with Crippen LogP contribution in [0.4, 0.5) is 11.4 Å². The van der Waals surface area contributed by atoms with Crippen molar-refractivity contribution in [1.29, 1.82) is 0 Å². The van der Waals surface area contributed by atoms with Gasteiger partial charge in [-0.05, 0) is 49.6 Å². The number of rotatable bonds is 5. The summed E-state index contributed by atoms with van der Waals surface area (Å²) in [6.45, 7) is 2.29. The first-order chi connectivity index (χ1) is 15.3. The Labute approximate surface area is 191 Å². The molecule has 0 radical (unpaired) electrons. The van der Waals surface area contributed by atoms with Crippen molar-refractivity contribution in [2.75, 3.05) is 23.7 Å². The third kappa shape index (κ3) is 4.46. The molecule has 1 saturated heterocycles. The van der Waals surface area contributed by atoms with Gasteiger partial charge in [0.05, 0.1) is 21.3 Å². The summed E-state index contributed by atoms with van der Waals surface area (Å²) in [5.41, 5.74) is 0.882. The minimum atomic E-state index is -3.77. The zero-order chi connectivity index (χ0) is 22.9. The van der Waals surface area contributed by atoms with Gasteiger partial charge in [0, 0.05) is 19.0 Å². The fraction of sp³-hybridized carbons (Fsp3) is 0.364. The number of anilines is 2. The Morgan fingerprint density at radius 2 is 1.94 bits per heavy atom. The van der Waals surface area contributed by atoms with Crippen LogP contribution in [0.3, 0.4) is 0 Å². The number of carbonyl (C=O) groups excluding carboxylic acids is 2. The van der Waals surface area contributed by atoms with Crippen LogP contribution in [0.15, 0.2) is 47.4 Å². The van der Waals surface area contributed by atoms with Gasteiger partial charge < -0.3 is 15.4 Å². The average Bonchev–Trinajstić information content (AvgIpc) is 2.79. The van der Waals surface area contributed by atoms with Gasteiger partial charge in [-0.25, -0.2) is 8.42 Å². The van der Waals surface area contributed by atoms with E-state index < -0.39 is 16.1 Å². The topological polar surface area (TPSA) is 105 Å². The fourth-order valence-corrected chi connectivity index (χ4v) is 5.54. The maximum atomic E-state index is 13.1. The van der Waals surface area contributed by atoms with Gasteiger partial charge in [0.1, 0.15) is 5.75 Å². The van der Waals surface area contributed by atoms with Gasteiger partial charge >= 0.3 is 0 Å². The average molecular weight is 478 g/mol. The summed E-state index contributed by atoms with van der Waals surface area (Å²) in [6.07, 6.45) is 0.738. The van der Waals surface area contributed by atoms with E-state index in [1.165, 1.54) is 16.4 Å². The van der Waals surface area contributed by atoms with E-state index in [1.807, 2.05) is 6.92 Å². The number of amides is 2. The second-order valence-corrected chi connectivity index (χ2v) is 10.2. The number of piperidine rings is 1. The molecule has 2 aromatic carbocycles. The molecule has 2 aliphatic rings. The first-order valence-electron chi connectivity index (χ1n) is 10.5. The van der Waals surface area contributed by atoms with Crippen LogP contribution in [0.2, 0.25) is 5.02 Å². The molecule has 32 heavy (non-hydrogen) atoms. The standard InChI is InChI=1S/C22H24ClN3O5S/c1-2-19-22(28)25-18-13-15(7-8-20(18)31-19)32(29,30)26-11-9-14(10-12-26)21(27)24-17-6-4-3-5-16(17)23/h3-8,13-14,19H,2,9-12H2,1H3,(H,24,27)(H,25,28)/t19-/m0/s1. The number of benzene rings is 2. The third-order valence-electron chi connectivity index (χ3n) is 5.74. The van der Waals surface area contributed by atoms with Crippen LogP contribution in [0.25, 0.3) is 0 Å². The Morgan fingerprint density at radius 3 is 2.62 bits per heavy atom. The first-order valence-corrected chi connectivity index (χ1v) is 12.3. The van der Waals surface area contributed by atoms with Gasteiger partial charge in [-0.2, -0.15) is 4.31 Å². The van der Waals surface area contributed by atoms with E-state index >= 15 is 0 Å². The predicted octanol–water partition coefficient (Wildman–Crippen LogP) is 3.49. The highest BCUT2D eigenvalue weighted by atomic mass is 35.5. The number of carbonyl (C=O) groups is 2. The van der Waals surface area contributed by atoms with E-state index in [9.17, 15) is 18.0 Å². The van der Waals surface area contributed by atoms with Crippen LogP contribution < -0.4 is 15.4 Å². The van der Waals surface area contributed by atoms with E-state index in [0.717, 1.165) is 0 Å². The highest BCUT2D eigenvalue weighted by Crippen LogP contribution is 2.34. The molecular weight excluding hydrogens is 454 g/mol. The molecule has 4 rings (SSSR count).